The first-order valence-electron chi connectivity index (χ1n) is 5.44. The number of aliphatic hydroxyl groups excluding tert-OH is 1. The molecule has 2 rings (SSSR count). The quantitative estimate of drug-likeness (QED) is 0.901. The second-order valence-corrected chi connectivity index (χ2v) is 5.08. The standard InChI is InChI=1S/C13H12BrClN2O/c14-9-5-6-12(16-7-9)13(8-18)17-11-4-2-1-3-10(11)15/h1-7,13,17-18H,8H2. The fourth-order valence-electron chi connectivity index (χ4n) is 1.57. The number of pyridine rings is 1. The van der Waals surface area contributed by atoms with Gasteiger partial charge in [0.1, 0.15) is 0 Å². The molecule has 0 spiro atoms. The number of hydrogen-bond donors (Lipinski definition) is 2. The van der Waals surface area contributed by atoms with Crippen LogP contribution in [0.5, 0.6) is 0 Å². The largest absolute Gasteiger partial charge is 0.394 e. The molecule has 0 fully saturated rings. The maximum atomic E-state index is 9.44. The van der Waals surface area contributed by atoms with Crippen LogP contribution < -0.4 is 5.32 Å². The van der Waals surface area contributed by atoms with Gasteiger partial charge in [0.25, 0.3) is 0 Å². The summed E-state index contributed by atoms with van der Waals surface area (Å²) in [5, 5.41) is 13.2. The Hall–Kier alpha value is -1.10. The average Bonchev–Trinajstić information content (AvgIpc) is 2.39. The third kappa shape index (κ3) is 3.22. The van der Waals surface area contributed by atoms with Crippen LogP contribution in [-0.4, -0.2) is 16.7 Å². The molecule has 0 saturated heterocycles. The molecule has 0 aliphatic heterocycles. The molecule has 94 valence electrons. The minimum Gasteiger partial charge on any atom is -0.394 e. The van der Waals surface area contributed by atoms with Gasteiger partial charge in [-0.15, -0.1) is 0 Å². The maximum absolute atomic E-state index is 9.44. The maximum Gasteiger partial charge on any atom is 0.0917 e. The zero-order valence-corrected chi connectivity index (χ0v) is 11.8. The normalized spacial score (nSPS) is 12.2. The van der Waals surface area contributed by atoms with E-state index < -0.39 is 0 Å². The highest BCUT2D eigenvalue weighted by Gasteiger charge is 2.12. The zero-order chi connectivity index (χ0) is 13.0. The number of anilines is 1. The van der Waals surface area contributed by atoms with Crippen molar-refractivity contribution >= 4 is 33.2 Å². The molecular formula is C13H12BrClN2O. The Labute approximate surface area is 119 Å². The Kier molecular flexibility index (Phi) is 4.58. The summed E-state index contributed by atoms with van der Waals surface area (Å²) in [6, 6.07) is 10.9. The predicted molar refractivity (Wildman–Crippen MR) is 76.8 cm³/mol. The highest BCUT2D eigenvalue weighted by molar-refractivity contribution is 9.10. The summed E-state index contributed by atoms with van der Waals surface area (Å²) in [5.74, 6) is 0. The van der Waals surface area contributed by atoms with E-state index in [0.717, 1.165) is 15.9 Å². The number of aromatic nitrogens is 1. The van der Waals surface area contributed by atoms with Gasteiger partial charge in [-0.1, -0.05) is 23.7 Å². The number of rotatable bonds is 4. The molecule has 18 heavy (non-hydrogen) atoms. The van der Waals surface area contributed by atoms with E-state index in [1.807, 2.05) is 30.3 Å². The lowest BCUT2D eigenvalue weighted by Gasteiger charge is -2.18. The molecule has 0 aliphatic carbocycles. The Bertz CT molecular complexity index is 519. The summed E-state index contributed by atoms with van der Waals surface area (Å²) in [5.41, 5.74) is 1.54. The molecule has 1 heterocycles. The van der Waals surface area contributed by atoms with Gasteiger partial charge in [0.15, 0.2) is 0 Å². The molecule has 0 saturated carbocycles. The van der Waals surface area contributed by atoms with Crippen molar-refractivity contribution in [3.63, 3.8) is 0 Å². The van der Waals surface area contributed by atoms with Gasteiger partial charge in [-0.05, 0) is 40.2 Å². The van der Waals surface area contributed by atoms with E-state index in [1.54, 1.807) is 12.3 Å². The van der Waals surface area contributed by atoms with Gasteiger partial charge in [-0.3, -0.25) is 4.98 Å². The number of benzene rings is 1. The van der Waals surface area contributed by atoms with Gasteiger partial charge < -0.3 is 10.4 Å². The van der Waals surface area contributed by atoms with Crippen molar-refractivity contribution < 1.29 is 5.11 Å². The smallest absolute Gasteiger partial charge is 0.0917 e. The minimum absolute atomic E-state index is 0.0557. The molecule has 0 bridgehead atoms. The number of para-hydroxylation sites is 1. The Morgan fingerprint density at radius 3 is 2.67 bits per heavy atom. The summed E-state index contributed by atoms with van der Waals surface area (Å²) >= 11 is 9.39. The molecule has 2 aromatic rings. The summed E-state index contributed by atoms with van der Waals surface area (Å²) < 4.78 is 0.903. The average molecular weight is 328 g/mol. The fraction of sp³-hybridized carbons (Fsp3) is 0.154. The van der Waals surface area contributed by atoms with Crippen molar-refractivity contribution in [3.05, 3.63) is 57.8 Å². The van der Waals surface area contributed by atoms with Crippen molar-refractivity contribution in [3.8, 4) is 0 Å². The van der Waals surface area contributed by atoms with Gasteiger partial charge in [-0.2, -0.15) is 0 Å². The number of aliphatic hydroxyl groups is 1. The van der Waals surface area contributed by atoms with Crippen LogP contribution in [-0.2, 0) is 0 Å². The molecule has 1 atom stereocenters. The van der Waals surface area contributed by atoms with Crippen LogP contribution in [0.3, 0.4) is 0 Å². The Morgan fingerprint density at radius 1 is 1.28 bits per heavy atom. The summed E-state index contributed by atoms with van der Waals surface area (Å²) in [6.45, 7) is -0.0557. The highest BCUT2D eigenvalue weighted by atomic mass is 79.9. The Balaban J connectivity index is 2.20. The topological polar surface area (TPSA) is 45.1 Å². The van der Waals surface area contributed by atoms with Crippen molar-refractivity contribution in [1.29, 1.82) is 0 Å². The Morgan fingerprint density at radius 2 is 2.06 bits per heavy atom. The molecule has 3 nitrogen and oxygen atoms in total. The lowest BCUT2D eigenvalue weighted by atomic mass is 10.2. The first kappa shape index (κ1) is 13.3. The van der Waals surface area contributed by atoms with E-state index in [1.165, 1.54) is 0 Å². The van der Waals surface area contributed by atoms with Crippen LogP contribution in [0.4, 0.5) is 5.69 Å². The highest BCUT2D eigenvalue weighted by Crippen LogP contribution is 2.25. The van der Waals surface area contributed by atoms with Crippen molar-refractivity contribution in [2.24, 2.45) is 0 Å². The molecule has 1 aromatic carbocycles. The van der Waals surface area contributed by atoms with Gasteiger partial charge in [-0.25, -0.2) is 0 Å². The minimum atomic E-state index is -0.280. The van der Waals surface area contributed by atoms with E-state index in [-0.39, 0.29) is 12.6 Å². The van der Waals surface area contributed by atoms with Crippen LogP contribution >= 0.6 is 27.5 Å². The van der Waals surface area contributed by atoms with E-state index in [2.05, 4.69) is 26.2 Å². The van der Waals surface area contributed by atoms with Crippen LogP contribution in [0, 0.1) is 0 Å². The lowest BCUT2D eigenvalue weighted by Crippen LogP contribution is -2.16. The van der Waals surface area contributed by atoms with E-state index in [4.69, 9.17) is 11.6 Å². The van der Waals surface area contributed by atoms with E-state index >= 15 is 0 Å². The van der Waals surface area contributed by atoms with Crippen LogP contribution in [0.25, 0.3) is 0 Å². The molecule has 0 aliphatic rings. The molecule has 1 unspecified atom stereocenters. The van der Waals surface area contributed by atoms with E-state index in [9.17, 15) is 5.11 Å². The van der Waals surface area contributed by atoms with Gasteiger partial charge >= 0.3 is 0 Å². The predicted octanol–water partition coefficient (Wildman–Crippen LogP) is 3.64. The monoisotopic (exact) mass is 326 g/mol. The summed E-state index contributed by atoms with van der Waals surface area (Å²) in [6.07, 6.45) is 1.70. The zero-order valence-electron chi connectivity index (χ0n) is 9.48. The summed E-state index contributed by atoms with van der Waals surface area (Å²) in [7, 11) is 0. The van der Waals surface area contributed by atoms with Crippen LogP contribution in [0.2, 0.25) is 5.02 Å². The second kappa shape index (κ2) is 6.18. The molecule has 0 amide bonds. The molecule has 5 heteroatoms. The third-order valence-electron chi connectivity index (χ3n) is 2.49. The molecule has 1 aromatic heterocycles. The first-order chi connectivity index (χ1) is 8.70. The van der Waals surface area contributed by atoms with Gasteiger partial charge in [0.05, 0.1) is 29.1 Å². The van der Waals surface area contributed by atoms with Crippen molar-refractivity contribution in [2.75, 3.05) is 11.9 Å². The molecule has 2 N–H and O–H groups in total. The number of nitrogens with one attached hydrogen (secondary N) is 1. The van der Waals surface area contributed by atoms with Crippen molar-refractivity contribution in [1.82, 2.24) is 4.98 Å². The fourth-order valence-corrected chi connectivity index (χ4v) is 2.00. The second-order valence-electron chi connectivity index (χ2n) is 3.76. The molecule has 0 radical (unpaired) electrons. The van der Waals surface area contributed by atoms with Gasteiger partial charge in [0, 0.05) is 10.7 Å². The first-order valence-corrected chi connectivity index (χ1v) is 6.61. The van der Waals surface area contributed by atoms with E-state index in [0.29, 0.717) is 5.02 Å². The SMILES string of the molecule is OCC(Nc1ccccc1Cl)c1ccc(Br)cn1. The molecular weight excluding hydrogens is 316 g/mol. The lowest BCUT2D eigenvalue weighted by molar-refractivity contribution is 0.274. The third-order valence-corrected chi connectivity index (χ3v) is 3.29. The van der Waals surface area contributed by atoms with Crippen LogP contribution in [0.15, 0.2) is 47.1 Å². The number of halogens is 2. The summed E-state index contributed by atoms with van der Waals surface area (Å²) in [4.78, 5) is 4.26. The number of hydrogen-bond acceptors (Lipinski definition) is 3. The van der Waals surface area contributed by atoms with Crippen molar-refractivity contribution in [2.45, 2.75) is 6.04 Å². The number of nitrogens with zero attached hydrogens (tertiary/aromatic N) is 1. The van der Waals surface area contributed by atoms with Gasteiger partial charge in [0.2, 0.25) is 0 Å². The van der Waals surface area contributed by atoms with Crippen LogP contribution in [0.1, 0.15) is 11.7 Å².